The molecule has 1 saturated heterocycles. The van der Waals surface area contributed by atoms with Gasteiger partial charge in [-0.1, -0.05) is 30.5 Å². The van der Waals surface area contributed by atoms with E-state index in [-0.39, 0.29) is 5.60 Å². The Bertz CT molecular complexity index is 496. The zero-order valence-electron chi connectivity index (χ0n) is 13.1. The van der Waals surface area contributed by atoms with Crippen LogP contribution in [0.2, 0.25) is 5.02 Å². The molecule has 0 aromatic heterocycles. The van der Waals surface area contributed by atoms with E-state index in [1.54, 1.807) is 0 Å². The summed E-state index contributed by atoms with van der Waals surface area (Å²) in [7, 11) is 2.07. The Labute approximate surface area is 133 Å². The lowest BCUT2D eigenvalue weighted by atomic mass is 9.78. The van der Waals surface area contributed by atoms with Crippen LogP contribution in [0.15, 0.2) is 18.2 Å². The van der Waals surface area contributed by atoms with Crippen LogP contribution in [0.1, 0.15) is 55.7 Å². The van der Waals surface area contributed by atoms with Crippen molar-refractivity contribution >= 4 is 11.6 Å². The molecule has 2 atom stereocenters. The minimum atomic E-state index is 0.171. The van der Waals surface area contributed by atoms with Crippen LogP contribution in [-0.2, 0) is 4.74 Å². The third-order valence-corrected chi connectivity index (χ3v) is 5.64. The van der Waals surface area contributed by atoms with Crippen LogP contribution >= 0.6 is 11.6 Å². The van der Waals surface area contributed by atoms with Gasteiger partial charge in [-0.3, -0.25) is 0 Å². The van der Waals surface area contributed by atoms with Crippen LogP contribution in [0.25, 0.3) is 0 Å². The summed E-state index contributed by atoms with van der Waals surface area (Å²) in [4.78, 5) is 0. The first-order chi connectivity index (χ1) is 10.1. The van der Waals surface area contributed by atoms with Crippen LogP contribution in [-0.4, -0.2) is 19.3 Å². The van der Waals surface area contributed by atoms with Crippen molar-refractivity contribution in [3.8, 4) is 0 Å². The monoisotopic (exact) mass is 307 g/mol. The molecule has 2 aliphatic rings. The lowest BCUT2D eigenvalue weighted by Crippen LogP contribution is -2.41. The Morgan fingerprint density at radius 3 is 2.81 bits per heavy atom. The summed E-state index contributed by atoms with van der Waals surface area (Å²) in [6.07, 6.45) is 7.47. The van der Waals surface area contributed by atoms with Crippen LogP contribution in [0, 0.1) is 12.8 Å². The summed E-state index contributed by atoms with van der Waals surface area (Å²) in [6, 6.07) is 6.63. The van der Waals surface area contributed by atoms with Crippen molar-refractivity contribution in [2.45, 2.75) is 57.1 Å². The van der Waals surface area contributed by atoms with Gasteiger partial charge < -0.3 is 10.1 Å². The Morgan fingerprint density at radius 2 is 2.10 bits per heavy atom. The molecule has 1 aliphatic carbocycles. The Kier molecular flexibility index (Phi) is 4.58. The van der Waals surface area contributed by atoms with E-state index in [9.17, 15) is 0 Å². The van der Waals surface area contributed by atoms with Gasteiger partial charge in [-0.15, -0.1) is 0 Å². The smallest absolute Gasteiger partial charge is 0.0686 e. The molecular formula is C18H26ClNO. The standard InChI is InChI=1S/C18H26ClNO/c1-13-5-6-15(19)11-16(13)17(20-2)14-7-10-21-18(12-14)8-3-4-9-18/h5-6,11,14,17,20H,3-4,7-10,12H2,1-2H3. The first-order valence-corrected chi connectivity index (χ1v) is 8.59. The molecule has 116 valence electrons. The van der Waals surface area contributed by atoms with E-state index in [2.05, 4.69) is 31.4 Å². The molecule has 1 aliphatic heterocycles. The van der Waals surface area contributed by atoms with Crippen molar-refractivity contribution in [3.63, 3.8) is 0 Å². The van der Waals surface area contributed by atoms with Crippen molar-refractivity contribution in [3.05, 3.63) is 34.3 Å². The molecule has 1 N–H and O–H groups in total. The second-order valence-corrected chi connectivity index (χ2v) is 7.20. The second-order valence-electron chi connectivity index (χ2n) is 6.76. The normalized spacial score (nSPS) is 26.1. The van der Waals surface area contributed by atoms with Crippen molar-refractivity contribution < 1.29 is 4.74 Å². The second kappa shape index (κ2) is 6.28. The molecule has 1 spiro atoms. The number of benzene rings is 1. The summed E-state index contributed by atoms with van der Waals surface area (Å²) in [5, 5.41) is 4.38. The third-order valence-electron chi connectivity index (χ3n) is 5.40. The largest absolute Gasteiger partial charge is 0.375 e. The van der Waals surface area contributed by atoms with E-state index in [1.165, 1.54) is 43.2 Å². The molecule has 2 nitrogen and oxygen atoms in total. The molecule has 0 bridgehead atoms. The number of halogens is 1. The Hall–Kier alpha value is -0.570. The number of ether oxygens (including phenoxy) is 1. The molecular weight excluding hydrogens is 282 g/mol. The van der Waals surface area contributed by atoms with Gasteiger partial charge in [-0.2, -0.15) is 0 Å². The fourth-order valence-electron chi connectivity index (χ4n) is 4.31. The fraction of sp³-hybridized carbons (Fsp3) is 0.667. The molecule has 1 saturated carbocycles. The maximum Gasteiger partial charge on any atom is 0.0686 e. The van der Waals surface area contributed by atoms with Gasteiger partial charge in [0.05, 0.1) is 5.60 Å². The molecule has 2 fully saturated rings. The zero-order valence-corrected chi connectivity index (χ0v) is 13.9. The van der Waals surface area contributed by atoms with Crippen LogP contribution in [0.5, 0.6) is 0 Å². The minimum Gasteiger partial charge on any atom is -0.375 e. The molecule has 21 heavy (non-hydrogen) atoms. The molecule has 3 rings (SSSR count). The van der Waals surface area contributed by atoms with E-state index in [1.807, 2.05) is 6.07 Å². The predicted molar refractivity (Wildman–Crippen MR) is 87.9 cm³/mol. The Morgan fingerprint density at radius 1 is 1.33 bits per heavy atom. The number of nitrogens with one attached hydrogen (secondary N) is 1. The van der Waals surface area contributed by atoms with Crippen LogP contribution in [0.3, 0.4) is 0 Å². The van der Waals surface area contributed by atoms with Gasteiger partial charge in [0.25, 0.3) is 0 Å². The first kappa shape index (κ1) is 15.3. The van der Waals surface area contributed by atoms with Gasteiger partial charge >= 0.3 is 0 Å². The molecule has 1 aromatic carbocycles. The molecule has 1 aromatic rings. The van der Waals surface area contributed by atoms with Crippen molar-refractivity contribution in [2.24, 2.45) is 5.92 Å². The number of rotatable bonds is 3. The fourth-order valence-corrected chi connectivity index (χ4v) is 4.49. The number of hydrogen-bond donors (Lipinski definition) is 1. The predicted octanol–water partition coefficient (Wildman–Crippen LogP) is 4.65. The SMILES string of the molecule is CNC(c1cc(Cl)ccc1C)C1CCOC2(CCCC2)C1. The highest BCUT2D eigenvalue weighted by atomic mass is 35.5. The van der Waals surface area contributed by atoms with Crippen LogP contribution in [0.4, 0.5) is 0 Å². The maximum absolute atomic E-state index is 6.22. The first-order valence-electron chi connectivity index (χ1n) is 8.21. The van der Waals surface area contributed by atoms with Gasteiger partial charge in [-0.25, -0.2) is 0 Å². The Balaban J connectivity index is 1.84. The average molecular weight is 308 g/mol. The van der Waals surface area contributed by atoms with E-state index in [0.29, 0.717) is 12.0 Å². The highest BCUT2D eigenvalue weighted by Crippen LogP contribution is 2.45. The summed E-state index contributed by atoms with van der Waals surface area (Å²) < 4.78 is 6.19. The molecule has 0 amide bonds. The van der Waals surface area contributed by atoms with Crippen molar-refractivity contribution in [1.29, 1.82) is 0 Å². The zero-order chi connectivity index (χ0) is 14.9. The minimum absolute atomic E-state index is 0.171. The summed E-state index contributed by atoms with van der Waals surface area (Å²) >= 11 is 6.22. The van der Waals surface area contributed by atoms with Gasteiger partial charge in [0.1, 0.15) is 0 Å². The molecule has 3 heteroatoms. The van der Waals surface area contributed by atoms with E-state index >= 15 is 0 Å². The van der Waals surface area contributed by atoms with Gasteiger partial charge in [0.2, 0.25) is 0 Å². The lowest BCUT2D eigenvalue weighted by molar-refractivity contribution is -0.0979. The van der Waals surface area contributed by atoms with Crippen molar-refractivity contribution in [1.82, 2.24) is 5.32 Å². The van der Waals surface area contributed by atoms with E-state index in [4.69, 9.17) is 16.3 Å². The van der Waals surface area contributed by atoms with Crippen LogP contribution < -0.4 is 5.32 Å². The van der Waals surface area contributed by atoms with E-state index in [0.717, 1.165) is 18.1 Å². The average Bonchev–Trinajstić information content (AvgIpc) is 2.91. The molecule has 2 unspecified atom stereocenters. The summed E-state index contributed by atoms with van der Waals surface area (Å²) in [5.74, 6) is 0.638. The summed E-state index contributed by atoms with van der Waals surface area (Å²) in [6.45, 7) is 3.09. The number of hydrogen-bond acceptors (Lipinski definition) is 2. The number of aryl methyl sites for hydroxylation is 1. The molecule has 1 heterocycles. The highest BCUT2D eigenvalue weighted by Gasteiger charge is 2.42. The highest BCUT2D eigenvalue weighted by molar-refractivity contribution is 6.30. The topological polar surface area (TPSA) is 21.3 Å². The van der Waals surface area contributed by atoms with Gasteiger partial charge in [0.15, 0.2) is 0 Å². The van der Waals surface area contributed by atoms with Crippen molar-refractivity contribution in [2.75, 3.05) is 13.7 Å². The van der Waals surface area contributed by atoms with Gasteiger partial charge in [0, 0.05) is 17.7 Å². The third kappa shape index (κ3) is 3.13. The lowest BCUT2D eigenvalue weighted by Gasteiger charge is -2.41. The maximum atomic E-state index is 6.22. The van der Waals surface area contributed by atoms with Gasteiger partial charge in [-0.05, 0) is 68.8 Å². The quantitative estimate of drug-likeness (QED) is 0.877. The summed E-state index contributed by atoms with van der Waals surface area (Å²) in [5.41, 5.74) is 2.85. The molecule has 0 radical (unpaired) electrons. The van der Waals surface area contributed by atoms with E-state index < -0.39 is 0 Å².